The lowest BCUT2D eigenvalue weighted by Gasteiger charge is -2.18. The summed E-state index contributed by atoms with van der Waals surface area (Å²) in [6, 6.07) is 9.31. The molecule has 0 bridgehead atoms. The molecule has 1 amide bonds. The van der Waals surface area contributed by atoms with Gasteiger partial charge < -0.3 is 38.8 Å². The highest BCUT2D eigenvalue weighted by atomic mass is 19.4. The van der Waals surface area contributed by atoms with Crippen LogP contribution >= 0.6 is 0 Å². The number of amides is 1. The molecule has 0 aliphatic heterocycles. The fourth-order valence-corrected chi connectivity index (χ4v) is 3.74. The molecule has 0 radical (unpaired) electrons. The molecule has 0 saturated heterocycles. The van der Waals surface area contributed by atoms with Crippen LogP contribution < -0.4 is 14.8 Å². The topological polar surface area (TPSA) is 171 Å². The van der Waals surface area contributed by atoms with Crippen LogP contribution in [0, 0.1) is 0 Å². The van der Waals surface area contributed by atoms with Gasteiger partial charge >= 0.3 is 12.3 Å². The van der Waals surface area contributed by atoms with E-state index in [-0.39, 0.29) is 44.1 Å². The number of halogens is 3. The highest BCUT2D eigenvalue weighted by Gasteiger charge is 2.32. The molecule has 0 saturated carbocycles. The van der Waals surface area contributed by atoms with Crippen molar-refractivity contribution in [2.75, 3.05) is 66.0 Å². The summed E-state index contributed by atoms with van der Waals surface area (Å²) in [4.78, 5) is 25.3. The number of nitrogens with one attached hydrogen (secondary N) is 1. The summed E-state index contributed by atoms with van der Waals surface area (Å²) in [6.07, 6.45) is -5.32. The third-order valence-electron chi connectivity index (χ3n) is 5.57. The molecular formula is C28H35F3N4O9. The van der Waals surface area contributed by atoms with E-state index in [1.807, 2.05) is 0 Å². The zero-order valence-corrected chi connectivity index (χ0v) is 24.1. The zero-order valence-electron chi connectivity index (χ0n) is 24.1. The predicted molar refractivity (Wildman–Crippen MR) is 150 cm³/mol. The molecule has 0 aliphatic rings. The van der Waals surface area contributed by atoms with Crippen molar-refractivity contribution >= 4 is 11.9 Å². The van der Waals surface area contributed by atoms with Crippen molar-refractivity contribution in [3.05, 3.63) is 58.5 Å². The monoisotopic (exact) mass is 628 g/mol. The van der Waals surface area contributed by atoms with E-state index >= 15 is 0 Å². The van der Waals surface area contributed by atoms with Gasteiger partial charge in [0.25, 0.3) is 0 Å². The molecule has 1 atom stereocenters. The number of nitrogens with zero attached hydrogens (tertiary/aromatic N) is 3. The number of carboxylic acids is 1. The van der Waals surface area contributed by atoms with Crippen molar-refractivity contribution in [2.24, 2.45) is 5.11 Å². The summed E-state index contributed by atoms with van der Waals surface area (Å²) in [7, 11) is 0. The molecule has 44 heavy (non-hydrogen) atoms. The number of ether oxygens (including phenoxy) is 6. The van der Waals surface area contributed by atoms with Crippen LogP contribution in [0.1, 0.15) is 24.9 Å². The summed E-state index contributed by atoms with van der Waals surface area (Å²) in [5.74, 6) is -1.89. The van der Waals surface area contributed by atoms with Crippen LogP contribution in [0.25, 0.3) is 21.6 Å². The van der Waals surface area contributed by atoms with E-state index in [4.69, 9.17) is 34.3 Å². The Morgan fingerprint density at radius 3 is 2.00 bits per heavy atom. The van der Waals surface area contributed by atoms with Crippen LogP contribution in [0.5, 0.6) is 11.5 Å². The summed E-state index contributed by atoms with van der Waals surface area (Å²) in [5.41, 5.74) is 9.13. The van der Waals surface area contributed by atoms with Gasteiger partial charge in [0.15, 0.2) is 0 Å². The Balaban J connectivity index is 1.81. The quantitative estimate of drug-likeness (QED) is 0.0815. The number of hydrogen-bond acceptors (Lipinski definition) is 9. The zero-order chi connectivity index (χ0) is 32.2. The average molecular weight is 629 g/mol. The molecule has 0 unspecified atom stereocenters. The summed E-state index contributed by atoms with van der Waals surface area (Å²) in [6.45, 7) is 4.15. The largest absolute Gasteiger partial charge is 0.573 e. The minimum atomic E-state index is -4.96. The minimum absolute atomic E-state index is 0.0659. The van der Waals surface area contributed by atoms with Crippen molar-refractivity contribution in [3.8, 4) is 22.6 Å². The summed E-state index contributed by atoms with van der Waals surface area (Å²) >= 11 is 0. The fourth-order valence-electron chi connectivity index (χ4n) is 3.74. The fraction of sp³-hybridized carbons (Fsp3) is 0.500. The Morgan fingerprint density at radius 1 is 0.909 bits per heavy atom. The highest BCUT2D eigenvalue weighted by molar-refractivity contribution is 5.76. The molecule has 16 heteroatoms. The molecular weight excluding hydrogens is 593 g/mol. The SMILES string of the molecule is CC(=O)N[C@@H](CC(=O)O)c1ccc(-c2ccc(OCCOCCOCCOCCOCCN=[N+]=[N-])cc2OC(F)(F)F)cc1. The summed E-state index contributed by atoms with van der Waals surface area (Å²) < 4.78 is 70.6. The Kier molecular flexibility index (Phi) is 16.4. The maximum atomic E-state index is 13.2. The molecule has 0 spiro atoms. The number of carbonyl (C=O) groups is 2. The molecule has 2 aromatic carbocycles. The lowest BCUT2D eigenvalue weighted by atomic mass is 9.98. The van der Waals surface area contributed by atoms with Gasteiger partial charge in [-0.1, -0.05) is 29.4 Å². The lowest BCUT2D eigenvalue weighted by molar-refractivity contribution is -0.274. The van der Waals surface area contributed by atoms with Crippen molar-refractivity contribution in [1.29, 1.82) is 0 Å². The first-order valence-electron chi connectivity index (χ1n) is 13.5. The first-order valence-corrected chi connectivity index (χ1v) is 13.5. The average Bonchev–Trinajstić information content (AvgIpc) is 2.95. The molecule has 2 aromatic rings. The maximum absolute atomic E-state index is 13.2. The van der Waals surface area contributed by atoms with Gasteiger partial charge in [-0.3, -0.25) is 9.59 Å². The Hall–Kier alpha value is -4.08. The number of carbonyl (C=O) groups excluding carboxylic acids is 1. The van der Waals surface area contributed by atoms with Gasteiger partial charge in [-0.2, -0.15) is 0 Å². The van der Waals surface area contributed by atoms with Crippen LogP contribution in [0.15, 0.2) is 47.6 Å². The van der Waals surface area contributed by atoms with Crippen LogP contribution in [0.2, 0.25) is 0 Å². The number of rotatable bonds is 22. The first-order chi connectivity index (χ1) is 21.1. The van der Waals surface area contributed by atoms with E-state index < -0.39 is 30.0 Å². The van der Waals surface area contributed by atoms with Crippen LogP contribution in [-0.4, -0.2) is 89.4 Å². The summed E-state index contributed by atoms with van der Waals surface area (Å²) in [5, 5.41) is 15.0. The van der Waals surface area contributed by atoms with Crippen molar-refractivity contribution in [1.82, 2.24) is 5.32 Å². The predicted octanol–water partition coefficient (Wildman–Crippen LogP) is 4.66. The number of carboxylic acid groups (broad SMARTS) is 1. The number of hydrogen-bond donors (Lipinski definition) is 2. The molecule has 242 valence electrons. The molecule has 2 rings (SSSR count). The number of alkyl halides is 3. The third-order valence-corrected chi connectivity index (χ3v) is 5.57. The first kappa shape index (κ1) is 36.1. The van der Waals surface area contributed by atoms with E-state index in [0.29, 0.717) is 50.8 Å². The van der Waals surface area contributed by atoms with Gasteiger partial charge in [0.1, 0.15) is 18.1 Å². The van der Waals surface area contributed by atoms with Crippen LogP contribution in [0.3, 0.4) is 0 Å². The molecule has 13 nitrogen and oxygen atoms in total. The standard InChI is InChI=1S/C28H35F3N4O9/c1-20(36)34-25(19-27(37)38)22-4-2-21(3-5-22)24-7-6-23(18-26(24)44-28(29,30)31)43-17-16-42-15-14-41-13-12-40-11-10-39-9-8-33-35-32/h2-7,18,25H,8-17,19H2,1H3,(H,34,36)(H,37,38)/t25-/m0/s1. The van der Waals surface area contributed by atoms with Crippen molar-refractivity contribution in [2.45, 2.75) is 25.7 Å². The van der Waals surface area contributed by atoms with E-state index in [1.165, 1.54) is 43.3 Å². The maximum Gasteiger partial charge on any atom is 0.573 e. The van der Waals surface area contributed by atoms with E-state index in [0.717, 1.165) is 6.07 Å². The molecule has 0 heterocycles. The molecule has 0 aromatic heterocycles. The molecule has 2 N–H and O–H groups in total. The van der Waals surface area contributed by atoms with Crippen LogP contribution in [0.4, 0.5) is 13.2 Å². The number of azide groups is 1. The van der Waals surface area contributed by atoms with Gasteiger partial charge in [0.05, 0.1) is 65.3 Å². The van der Waals surface area contributed by atoms with Crippen LogP contribution in [-0.2, 0) is 28.5 Å². The van der Waals surface area contributed by atoms with Crippen molar-refractivity contribution < 1.29 is 56.3 Å². The second-order valence-electron chi connectivity index (χ2n) is 8.93. The van der Waals surface area contributed by atoms with E-state index in [1.54, 1.807) is 0 Å². The Bertz CT molecular complexity index is 1190. The highest BCUT2D eigenvalue weighted by Crippen LogP contribution is 2.37. The Labute approximate surface area is 251 Å². The number of benzene rings is 2. The smallest absolute Gasteiger partial charge is 0.491 e. The number of aliphatic carboxylic acids is 1. The van der Waals surface area contributed by atoms with Gasteiger partial charge in [0, 0.05) is 30.0 Å². The normalized spacial score (nSPS) is 11.8. The van der Waals surface area contributed by atoms with Crippen molar-refractivity contribution in [3.63, 3.8) is 0 Å². The second-order valence-corrected chi connectivity index (χ2v) is 8.93. The van der Waals surface area contributed by atoms with Gasteiger partial charge in [-0.25, -0.2) is 0 Å². The molecule has 0 fully saturated rings. The molecule has 0 aliphatic carbocycles. The second kappa shape index (κ2) is 20.0. The van der Waals surface area contributed by atoms with Gasteiger partial charge in [0.2, 0.25) is 5.91 Å². The lowest BCUT2D eigenvalue weighted by Crippen LogP contribution is -2.27. The van der Waals surface area contributed by atoms with Gasteiger partial charge in [-0.05, 0) is 28.8 Å². The van der Waals surface area contributed by atoms with E-state index in [9.17, 15) is 22.8 Å². The Morgan fingerprint density at radius 2 is 1.48 bits per heavy atom. The minimum Gasteiger partial charge on any atom is -0.491 e. The third kappa shape index (κ3) is 15.4. The van der Waals surface area contributed by atoms with E-state index in [2.05, 4.69) is 20.1 Å². The van der Waals surface area contributed by atoms with Gasteiger partial charge in [-0.15, -0.1) is 13.2 Å².